The Balaban J connectivity index is 1.20. The van der Waals surface area contributed by atoms with E-state index in [0.29, 0.717) is 25.7 Å². The number of aliphatic hydroxyl groups excluding tert-OH is 3. The zero-order valence-electron chi connectivity index (χ0n) is 23.2. The molecule has 1 aromatic heterocycles. The third-order valence-corrected chi connectivity index (χ3v) is 12.2. The number of hydrogen-bond acceptors (Lipinski definition) is 9. The van der Waals surface area contributed by atoms with Crippen molar-refractivity contribution in [3.05, 3.63) is 34.4 Å². The van der Waals surface area contributed by atoms with Gasteiger partial charge in [-0.15, -0.1) is 0 Å². The van der Waals surface area contributed by atoms with Crippen molar-refractivity contribution in [3.8, 4) is 0 Å². The second-order valence-electron chi connectivity index (χ2n) is 13.7. The van der Waals surface area contributed by atoms with Gasteiger partial charge in [0, 0.05) is 17.9 Å². The highest BCUT2D eigenvalue weighted by Gasteiger charge is 2.70. The maximum Gasteiger partial charge on any atom is 0.335 e. The van der Waals surface area contributed by atoms with E-state index in [4.69, 9.17) is 13.9 Å². The van der Waals surface area contributed by atoms with E-state index >= 15 is 0 Å². The summed E-state index contributed by atoms with van der Waals surface area (Å²) in [5, 5.41) is 55.2. The maximum absolute atomic E-state index is 12.4. The molecule has 1 saturated heterocycles. The quantitative estimate of drug-likeness (QED) is 0.358. The highest BCUT2D eigenvalue weighted by molar-refractivity contribution is 5.27. The van der Waals surface area contributed by atoms with E-state index in [1.54, 1.807) is 13.2 Å². The summed E-state index contributed by atoms with van der Waals surface area (Å²) in [7, 11) is 0. The molecule has 39 heavy (non-hydrogen) atoms. The first kappa shape index (κ1) is 27.8. The van der Waals surface area contributed by atoms with Crippen molar-refractivity contribution in [3.63, 3.8) is 0 Å². The van der Waals surface area contributed by atoms with Crippen LogP contribution in [0.2, 0.25) is 0 Å². The second kappa shape index (κ2) is 9.34. The molecule has 0 radical (unpaired) electrons. The minimum absolute atomic E-state index is 0.0701. The van der Waals surface area contributed by atoms with Gasteiger partial charge in [-0.2, -0.15) is 0 Å². The van der Waals surface area contributed by atoms with Gasteiger partial charge in [0.1, 0.15) is 18.3 Å². The Bertz CT molecular complexity index is 1120. The Morgan fingerprint density at radius 3 is 2.31 bits per heavy atom. The van der Waals surface area contributed by atoms with Crippen LogP contribution >= 0.6 is 0 Å². The lowest BCUT2D eigenvalue weighted by molar-refractivity contribution is -0.319. The topological polar surface area (TPSA) is 150 Å². The van der Waals surface area contributed by atoms with Crippen LogP contribution in [0.15, 0.2) is 27.6 Å². The molecule has 218 valence electrons. The van der Waals surface area contributed by atoms with Crippen molar-refractivity contribution < 1.29 is 39.4 Å². The molecule has 5 N–H and O–H groups in total. The minimum Gasteiger partial charge on any atom is -0.431 e. The van der Waals surface area contributed by atoms with Crippen LogP contribution < -0.4 is 5.63 Å². The Kier molecular flexibility index (Phi) is 6.66. The number of hydrogen-bond donors (Lipinski definition) is 5. The van der Waals surface area contributed by atoms with Crippen LogP contribution in [0, 0.1) is 22.7 Å². The first-order valence-corrected chi connectivity index (χ1v) is 14.7. The van der Waals surface area contributed by atoms with E-state index in [9.17, 15) is 30.3 Å². The molecule has 4 aliphatic carbocycles. The number of rotatable bonds is 3. The Hall–Kier alpha value is -1.33. The molecule has 4 saturated carbocycles. The lowest BCUT2D eigenvalue weighted by Crippen LogP contribution is -2.67. The van der Waals surface area contributed by atoms with E-state index in [0.717, 1.165) is 37.7 Å². The van der Waals surface area contributed by atoms with Gasteiger partial charge in [-0.05, 0) is 93.1 Å². The smallest absolute Gasteiger partial charge is 0.335 e. The third kappa shape index (κ3) is 3.95. The summed E-state index contributed by atoms with van der Waals surface area (Å²) in [6, 6.07) is 3.31. The van der Waals surface area contributed by atoms with Crippen molar-refractivity contribution in [2.75, 3.05) is 0 Å². The van der Waals surface area contributed by atoms with Crippen LogP contribution in [0.25, 0.3) is 0 Å². The molecule has 0 bridgehead atoms. The zero-order valence-corrected chi connectivity index (χ0v) is 23.2. The molecule has 13 atom stereocenters. The fourth-order valence-electron chi connectivity index (χ4n) is 9.71. The average Bonchev–Trinajstić information content (AvgIpc) is 3.18. The van der Waals surface area contributed by atoms with Gasteiger partial charge >= 0.3 is 5.63 Å². The van der Waals surface area contributed by atoms with Gasteiger partial charge in [0.25, 0.3) is 0 Å². The average molecular weight is 549 g/mol. The summed E-state index contributed by atoms with van der Waals surface area (Å²) < 4.78 is 17.0. The van der Waals surface area contributed by atoms with Crippen molar-refractivity contribution in [1.82, 2.24) is 0 Å². The molecule has 6 rings (SSSR count). The molecular formula is C30H44O9. The van der Waals surface area contributed by atoms with Gasteiger partial charge in [0.05, 0.1) is 29.7 Å². The standard InChI is InChI=1S/C30H44O9/c1-16-23(32)24(33)25(34)26(38-16)39-18-6-10-27(2)20-7-11-28(3)19(17-4-5-22(31)37-15-17)9-13-30(28,36)21(20)8-12-29(27,35)14-18/h4-5,15-16,18-21,23-26,32-36H,6-14H2,1-3H3/t16-,18?,19?,20?,21?,23-,24+,25+,26-,27?,28?,29?,30?/m0/s1. The lowest BCUT2D eigenvalue weighted by Gasteiger charge is -2.66. The molecule has 9 heteroatoms. The summed E-state index contributed by atoms with van der Waals surface area (Å²) in [5.41, 5.74) is -1.96. The molecule has 2 heterocycles. The van der Waals surface area contributed by atoms with E-state index < -0.39 is 41.9 Å². The van der Waals surface area contributed by atoms with Crippen LogP contribution in [-0.2, 0) is 9.47 Å². The minimum atomic E-state index is -1.37. The molecule has 9 nitrogen and oxygen atoms in total. The molecule has 8 unspecified atom stereocenters. The number of ether oxygens (including phenoxy) is 2. The first-order chi connectivity index (χ1) is 18.3. The van der Waals surface area contributed by atoms with E-state index in [1.165, 1.54) is 6.07 Å². The highest BCUT2D eigenvalue weighted by Crippen LogP contribution is 2.71. The van der Waals surface area contributed by atoms with E-state index in [-0.39, 0.29) is 40.3 Å². The second-order valence-corrected chi connectivity index (χ2v) is 13.7. The monoisotopic (exact) mass is 548 g/mol. The van der Waals surface area contributed by atoms with Crippen molar-refractivity contribution in [2.45, 2.75) is 132 Å². The molecule has 1 aromatic rings. The van der Waals surface area contributed by atoms with Crippen LogP contribution in [0.5, 0.6) is 0 Å². The zero-order chi connectivity index (χ0) is 28.0. The van der Waals surface area contributed by atoms with Crippen LogP contribution in [0.1, 0.15) is 90.0 Å². The van der Waals surface area contributed by atoms with Gasteiger partial charge in [0.15, 0.2) is 6.29 Å². The van der Waals surface area contributed by atoms with Crippen molar-refractivity contribution in [1.29, 1.82) is 0 Å². The maximum atomic E-state index is 12.4. The molecule has 5 aliphatic rings. The van der Waals surface area contributed by atoms with Gasteiger partial charge in [-0.3, -0.25) is 0 Å². The summed E-state index contributed by atoms with van der Waals surface area (Å²) in [5.74, 6) is 0.348. The van der Waals surface area contributed by atoms with Gasteiger partial charge < -0.3 is 39.4 Å². The predicted molar refractivity (Wildman–Crippen MR) is 140 cm³/mol. The fourth-order valence-corrected chi connectivity index (χ4v) is 9.71. The van der Waals surface area contributed by atoms with Crippen LogP contribution in [0.3, 0.4) is 0 Å². The Labute approximate surface area is 229 Å². The largest absolute Gasteiger partial charge is 0.431 e. The summed E-state index contributed by atoms with van der Waals surface area (Å²) in [6.45, 7) is 6.01. The SMILES string of the molecule is C[C@@H]1O[C@@H](OC2CCC3(C)C4CCC5(C)C(c6ccc(=O)oc6)CCC5(O)C4CCC3(O)C2)[C@H](O)[C@H](O)[C@H]1O. The first-order valence-electron chi connectivity index (χ1n) is 14.7. The van der Waals surface area contributed by atoms with E-state index in [2.05, 4.69) is 13.8 Å². The van der Waals surface area contributed by atoms with Gasteiger partial charge in [-0.1, -0.05) is 13.8 Å². The van der Waals surface area contributed by atoms with Crippen molar-refractivity contribution >= 4 is 0 Å². The number of fused-ring (bicyclic) bond motifs is 5. The highest BCUT2D eigenvalue weighted by atomic mass is 16.7. The molecule has 0 amide bonds. The van der Waals surface area contributed by atoms with Gasteiger partial charge in [-0.25, -0.2) is 4.79 Å². The lowest BCUT2D eigenvalue weighted by atomic mass is 9.42. The van der Waals surface area contributed by atoms with Crippen LogP contribution in [0.4, 0.5) is 0 Å². The Morgan fingerprint density at radius 2 is 1.59 bits per heavy atom. The normalized spacial score (nSPS) is 53.5. The summed E-state index contributed by atoms with van der Waals surface area (Å²) in [4.78, 5) is 11.6. The molecule has 1 aliphatic heterocycles. The predicted octanol–water partition coefficient (Wildman–Crippen LogP) is 2.21. The van der Waals surface area contributed by atoms with Crippen LogP contribution in [-0.4, -0.2) is 73.5 Å². The molecule has 0 aromatic carbocycles. The molecule has 5 fully saturated rings. The molecular weight excluding hydrogens is 504 g/mol. The fraction of sp³-hybridized carbons (Fsp3) is 0.833. The summed E-state index contributed by atoms with van der Waals surface area (Å²) in [6.07, 6.45) is 1.88. The third-order valence-electron chi connectivity index (χ3n) is 12.2. The van der Waals surface area contributed by atoms with Gasteiger partial charge in [0.2, 0.25) is 0 Å². The van der Waals surface area contributed by atoms with Crippen molar-refractivity contribution in [2.24, 2.45) is 22.7 Å². The van der Waals surface area contributed by atoms with E-state index in [1.807, 2.05) is 6.07 Å². The number of aliphatic hydroxyl groups is 5. The molecule has 0 spiro atoms. The Morgan fingerprint density at radius 1 is 0.872 bits per heavy atom. The summed E-state index contributed by atoms with van der Waals surface area (Å²) >= 11 is 0.